The number of benzene rings is 1. The summed E-state index contributed by atoms with van der Waals surface area (Å²) in [6.45, 7) is 3.25. The fourth-order valence-electron chi connectivity index (χ4n) is 1.93. The Balaban J connectivity index is 2.13. The zero-order chi connectivity index (χ0) is 15.1. The minimum Gasteiger partial charge on any atom is -0.496 e. The highest BCUT2D eigenvalue weighted by atomic mass is 35.5. The van der Waals surface area contributed by atoms with Gasteiger partial charge in [0.2, 0.25) is 0 Å². The first kappa shape index (κ1) is 15.4. The molecule has 0 saturated carbocycles. The van der Waals surface area contributed by atoms with Crippen molar-refractivity contribution in [2.24, 2.45) is 0 Å². The van der Waals surface area contributed by atoms with Crippen LogP contribution in [0.5, 0.6) is 11.5 Å². The smallest absolute Gasteiger partial charge is 0.169 e. The van der Waals surface area contributed by atoms with Gasteiger partial charge in [-0.15, -0.1) is 0 Å². The summed E-state index contributed by atoms with van der Waals surface area (Å²) in [6.07, 6.45) is 2.68. The van der Waals surface area contributed by atoms with Crippen LogP contribution in [0, 0.1) is 0 Å². The van der Waals surface area contributed by atoms with E-state index in [-0.39, 0.29) is 0 Å². The largest absolute Gasteiger partial charge is 0.496 e. The van der Waals surface area contributed by atoms with Gasteiger partial charge in [-0.25, -0.2) is 4.98 Å². The predicted octanol–water partition coefficient (Wildman–Crippen LogP) is 4.14. The number of pyridine rings is 1. The van der Waals surface area contributed by atoms with Crippen molar-refractivity contribution in [1.82, 2.24) is 4.98 Å². The van der Waals surface area contributed by atoms with Crippen LogP contribution in [0.15, 0.2) is 36.5 Å². The maximum Gasteiger partial charge on any atom is 0.169 e. The number of rotatable bonds is 7. The molecule has 0 aliphatic rings. The molecule has 1 aromatic heterocycles. The second kappa shape index (κ2) is 7.74. The van der Waals surface area contributed by atoms with Gasteiger partial charge in [0.25, 0.3) is 0 Å². The van der Waals surface area contributed by atoms with Gasteiger partial charge >= 0.3 is 0 Å². The Morgan fingerprint density at radius 3 is 2.76 bits per heavy atom. The summed E-state index contributed by atoms with van der Waals surface area (Å²) >= 11 is 6.23. The van der Waals surface area contributed by atoms with Crippen molar-refractivity contribution in [1.29, 1.82) is 0 Å². The molecule has 2 rings (SSSR count). The minimum atomic E-state index is 0.516. The Morgan fingerprint density at radius 1 is 1.19 bits per heavy atom. The fraction of sp³-hybridized carbons (Fsp3) is 0.312. The SMILES string of the molecule is CCCOc1cccnc1NCc1c(Cl)cccc1OC. The van der Waals surface area contributed by atoms with Crippen molar-refractivity contribution < 1.29 is 9.47 Å². The topological polar surface area (TPSA) is 43.4 Å². The van der Waals surface area contributed by atoms with Crippen molar-refractivity contribution in [3.8, 4) is 11.5 Å². The van der Waals surface area contributed by atoms with Crippen LogP contribution < -0.4 is 14.8 Å². The minimum absolute atomic E-state index is 0.516. The van der Waals surface area contributed by atoms with Crippen molar-refractivity contribution >= 4 is 17.4 Å². The standard InChI is InChI=1S/C16H19ClN2O2/c1-3-10-21-15-8-5-9-18-16(15)19-11-12-13(17)6-4-7-14(12)20-2/h4-9H,3,10-11H2,1-2H3,(H,18,19). The molecule has 1 aromatic carbocycles. The first-order valence-electron chi connectivity index (χ1n) is 6.89. The normalized spacial score (nSPS) is 10.2. The fourth-order valence-corrected chi connectivity index (χ4v) is 2.16. The molecular formula is C16H19ClN2O2. The van der Waals surface area contributed by atoms with Gasteiger partial charge in [0, 0.05) is 23.3 Å². The first-order chi connectivity index (χ1) is 10.3. The van der Waals surface area contributed by atoms with E-state index >= 15 is 0 Å². The van der Waals surface area contributed by atoms with E-state index in [2.05, 4.69) is 17.2 Å². The van der Waals surface area contributed by atoms with Crippen LogP contribution in [0.3, 0.4) is 0 Å². The molecule has 4 nitrogen and oxygen atoms in total. The van der Waals surface area contributed by atoms with Gasteiger partial charge in [-0.05, 0) is 30.7 Å². The monoisotopic (exact) mass is 306 g/mol. The number of hydrogen-bond donors (Lipinski definition) is 1. The third kappa shape index (κ3) is 4.02. The molecule has 0 fully saturated rings. The molecule has 0 saturated heterocycles. The average Bonchev–Trinajstić information content (AvgIpc) is 2.52. The summed E-state index contributed by atoms with van der Waals surface area (Å²) in [5, 5.41) is 3.91. The van der Waals surface area contributed by atoms with E-state index in [1.165, 1.54) is 0 Å². The summed E-state index contributed by atoms with van der Waals surface area (Å²) < 4.78 is 11.0. The molecule has 0 aliphatic heterocycles. The molecule has 5 heteroatoms. The Hall–Kier alpha value is -1.94. The van der Waals surface area contributed by atoms with Gasteiger partial charge in [0.15, 0.2) is 11.6 Å². The van der Waals surface area contributed by atoms with Crippen LogP contribution >= 0.6 is 11.6 Å². The molecule has 2 aromatic rings. The third-order valence-corrected chi connectivity index (χ3v) is 3.31. The average molecular weight is 307 g/mol. The maximum atomic E-state index is 6.23. The molecule has 0 aliphatic carbocycles. The Morgan fingerprint density at radius 2 is 2.00 bits per heavy atom. The third-order valence-electron chi connectivity index (χ3n) is 2.96. The van der Waals surface area contributed by atoms with E-state index < -0.39 is 0 Å². The molecular weight excluding hydrogens is 288 g/mol. The number of ether oxygens (including phenoxy) is 2. The lowest BCUT2D eigenvalue weighted by Crippen LogP contribution is -2.06. The van der Waals surface area contributed by atoms with Crippen molar-refractivity contribution in [3.05, 3.63) is 47.1 Å². The molecule has 1 heterocycles. The molecule has 21 heavy (non-hydrogen) atoms. The van der Waals surface area contributed by atoms with Gasteiger partial charge < -0.3 is 14.8 Å². The molecule has 0 radical (unpaired) electrons. The lowest BCUT2D eigenvalue weighted by molar-refractivity contribution is 0.317. The number of methoxy groups -OCH3 is 1. The summed E-state index contributed by atoms with van der Waals surface area (Å²) in [6, 6.07) is 9.34. The highest BCUT2D eigenvalue weighted by Gasteiger charge is 2.09. The summed E-state index contributed by atoms with van der Waals surface area (Å²) in [5.74, 6) is 2.19. The number of aromatic nitrogens is 1. The van der Waals surface area contributed by atoms with Crippen LogP contribution in [0.4, 0.5) is 5.82 Å². The Bertz CT molecular complexity index is 590. The maximum absolute atomic E-state index is 6.23. The highest BCUT2D eigenvalue weighted by Crippen LogP contribution is 2.28. The van der Waals surface area contributed by atoms with E-state index in [0.717, 1.165) is 23.5 Å². The zero-order valence-electron chi connectivity index (χ0n) is 12.2. The number of anilines is 1. The molecule has 0 spiro atoms. The van der Waals surface area contributed by atoms with Crippen LogP contribution in [0.1, 0.15) is 18.9 Å². The quantitative estimate of drug-likeness (QED) is 0.834. The van der Waals surface area contributed by atoms with E-state index in [9.17, 15) is 0 Å². The second-order valence-corrected chi connectivity index (χ2v) is 4.88. The molecule has 112 valence electrons. The van der Waals surface area contributed by atoms with Gasteiger partial charge in [0.05, 0.1) is 13.7 Å². The van der Waals surface area contributed by atoms with Crippen molar-refractivity contribution in [2.75, 3.05) is 19.0 Å². The molecule has 0 bridgehead atoms. The second-order valence-electron chi connectivity index (χ2n) is 4.47. The van der Waals surface area contributed by atoms with Crippen molar-refractivity contribution in [3.63, 3.8) is 0 Å². The number of halogens is 1. The van der Waals surface area contributed by atoms with Crippen LogP contribution in [-0.2, 0) is 6.54 Å². The Labute approximate surface area is 130 Å². The zero-order valence-corrected chi connectivity index (χ0v) is 13.0. The molecule has 0 amide bonds. The van der Waals surface area contributed by atoms with E-state index in [1.54, 1.807) is 13.3 Å². The van der Waals surface area contributed by atoms with Crippen molar-refractivity contribution in [2.45, 2.75) is 19.9 Å². The van der Waals surface area contributed by atoms with Gasteiger partial charge in [-0.3, -0.25) is 0 Å². The van der Waals surface area contributed by atoms with Crippen LogP contribution in [0.25, 0.3) is 0 Å². The number of hydrogen-bond acceptors (Lipinski definition) is 4. The van der Waals surface area contributed by atoms with Crippen LogP contribution in [-0.4, -0.2) is 18.7 Å². The van der Waals surface area contributed by atoms with Gasteiger partial charge in [0.1, 0.15) is 5.75 Å². The first-order valence-corrected chi connectivity index (χ1v) is 7.27. The summed E-state index contributed by atoms with van der Waals surface area (Å²) in [4.78, 5) is 4.31. The predicted molar refractivity (Wildman–Crippen MR) is 85.4 cm³/mol. The molecule has 0 unspecified atom stereocenters. The number of nitrogens with zero attached hydrogens (tertiary/aromatic N) is 1. The van der Waals surface area contributed by atoms with Gasteiger partial charge in [-0.2, -0.15) is 0 Å². The van der Waals surface area contributed by atoms with Crippen LogP contribution in [0.2, 0.25) is 5.02 Å². The molecule has 0 atom stereocenters. The highest BCUT2D eigenvalue weighted by molar-refractivity contribution is 6.31. The van der Waals surface area contributed by atoms with Gasteiger partial charge in [-0.1, -0.05) is 24.6 Å². The summed E-state index contributed by atoms with van der Waals surface area (Å²) in [5.41, 5.74) is 0.897. The van der Waals surface area contributed by atoms with E-state index in [4.69, 9.17) is 21.1 Å². The molecule has 1 N–H and O–H groups in total. The van der Waals surface area contributed by atoms with E-state index in [0.29, 0.717) is 24.0 Å². The lowest BCUT2D eigenvalue weighted by atomic mass is 10.2. The number of nitrogens with one attached hydrogen (secondary N) is 1. The summed E-state index contributed by atoms with van der Waals surface area (Å²) in [7, 11) is 1.63. The van der Waals surface area contributed by atoms with E-state index in [1.807, 2.05) is 30.3 Å². The lowest BCUT2D eigenvalue weighted by Gasteiger charge is -2.14. The Kier molecular flexibility index (Phi) is 5.69.